The molecular weight excluding hydrogens is 232 g/mol. The van der Waals surface area contributed by atoms with Crippen LogP contribution in [0.4, 0.5) is 11.4 Å². The van der Waals surface area contributed by atoms with Gasteiger partial charge >= 0.3 is 0 Å². The summed E-state index contributed by atoms with van der Waals surface area (Å²) < 4.78 is 0. The summed E-state index contributed by atoms with van der Waals surface area (Å²) in [6, 6.07) is 11.9. The molecule has 3 heteroatoms. The Morgan fingerprint density at radius 3 is 2.53 bits per heavy atom. The standard InChI is InChI=1S/C14H15ClN2/c1-2-10-17(13-6-8-16-9-7-13)14-5-3-4-12(15)11-14/h3-9,11H,2,10H2,1H3. The molecule has 0 aliphatic carbocycles. The maximum atomic E-state index is 6.04. The second kappa shape index (κ2) is 5.69. The largest absolute Gasteiger partial charge is 0.341 e. The maximum Gasteiger partial charge on any atom is 0.0441 e. The molecule has 0 atom stereocenters. The number of aromatic nitrogens is 1. The third-order valence-electron chi connectivity index (χ3n) is 2.54. The molecule has 1 heterocycles. The van der Waals surface area contributed by atoms with E-state index in [0.29, 0.717) is 0 Å². The van der Waals surface area contributed by atoms with Crippen molar-refractivity contribution in [1.82, 2.24) is 4.98 Å². The van der Waals surface area contributed by atoms with Gasteiger partial charge in [-0.05, 0) is 36.8 Å². The van der Waals surface area contributed by atoms with E-state index in [-0.39, 0.29) is 0 Å². The average Bonchev–Trinajstić information content (AvgIpc) is 2.37. The zero-order valence-electron chi connectivity index (χ0n) is 9.81. The monoisotopic (exact) mass is 246 g/mol. The lowest BCUT2D eigenvalue weighted by Gasteiger charge is -2.24. The molecule has 17 heavy (non-hydrogen) atoms. The zero-order valence-corrected chi connectivity index (χ0v) is 10.6. The third-order valence-corrected chi connectivity index (χ3v) is 2.78. The van der Waals surface area contributed by atoms with Gasteiger partial charge in [-0.25, -0.2) is 0 Å². The van der Waals surface area contributed by atoms with E-state index in [4.69, 9.17) is 11.6 Å². The van der Waals surface area contributed by atoms with E-state index in [1.807, 2.05) is 42.7 Å². The Morgan fingerprint density at radius 2 is 1.88 bits per heavy atom. The number of anilines is 2. The predicted octanol–water partition coefficient (Wildman–Crippen LogP) is 4.28. The zero-order chi connectivity index (χ0) is 12.1. The average molecular weight is 247 g/mol. The number of halogens is 1. The minimum atomic E-state index is 0.762. The summed E-state index contributed by atoms with van der Waals surface area (Å²) in [7, 11) is 0. The summed E-state index contributed by atoms with van der Waals surface area (Å²) in [5, 5.41) is 0.762. The van der Waals surface area contributed by atoms with Crippen molar-refractivity contribution in [1.29, 1.82) is 0 Å². The molecule has 0 saturated heterocycles. The fourth-order valence-corrected chi connectivity index (χ4v) is 1.98. The Kier molecular flexibility index (Phi) is 3.99. The van der Waals surface area contributed by atoms with Gasteiger partial charge in [0.25, 0.3) is 0 Å². The SMILES string of the molecule is CCCN(c1ccncc1)c1cccc(Cl)c1. The van der Waals surface area contributed by atoms with Crippen molar-refractivity contribution in [3.63, 3.8) is 0 Å². The first-order valence-corrected chi connectivity index (χ1v) is 6.12. The molecule has 2 aromatic rings. The fourth-order valence-electron chi connectivity index (χ4n) is 1.80. The van der Waals surface area contributed by atoms with Gasteiger partial charge in [-0.2, -0.15) is 0 Å². The van der Waals surface area contributed by atoms with E-state index in [2.05, 4.69) is 22.9 Å². The number of benzene rings is 1. The molecule has 1 aromatic carbocycles. The van der Waals surface area contributed by atoms with Crippen LogP contribution in [-0.4, -0.2) is 11.5 Å². The lowest BCUT2D eigenvalue weighted by atomic mass is 10.2. The number of nitrogens with zero attached hydrogens (tertiary/aromatic N) is 2. The van der Waals surface area contributed by atoms with Gasteiger partial charge < -0.3 is 4.90 Å². The predicted molar refractivity (Wildman–Crippen MR) is 73.0 cm³/mol. The van der Waals surface area contributed by atoms with Crippen LogP contribution in [-0.2, 0) is 0 Å². The van der Waals surface area contributed by atoms with Gasteiger partial charge in [-0.3, -0.25) is 4.98 Å². The summed E-state index contributed by atoms with van der Waals surface area (Å²) in [6.45, 7) is 3.13. The van der Waals surface area contributed by atoms with E-state index >= 15 is 0 Å². The van der Waals surface area contributed by atoms with Gasteiger partial charge in [0.15, 0.2) is 0 Å². The van der Waals surface area contributed by atoms with Crippen LogP contribution >= 0.6 is 11.6 Å². The second-order valence-corrected chi connectivity index (χ2v) is 4.27. The van der Waals surface area contributed by atoms with Crippen molar-refractivity contribution in [2.24, 2.45) is 0 Å². The Labute approximate surface area is 107 Å². The summed E-state index contributed by atoms with van der Waals surface area (Å²) in [6.07, 6.45) is 4.69. The molecule has 1 aromatic heterocycles. The summed E-state index contributed by atoms with van der Waals surface area (Å²) in [5.41, 5.74) is 2.26. The third kappa shape index (κ3) is 2.98. The van der Waals surface area contributed by atoms with Gasteiger partial charge in [0.05, 0.1) is 0 Å². The normalized spacial score (nSPS) is 10.2. The molecule has 0 unspecified atom stereocenters. The van der Waals surface area contributed by atoms with E-state index in [0.717, 1.165) is 29.4 Å². The van der Waals surface area contributed by atoms with Crippen molar-refractivity contribution in [3.05, 3.63) is 53.8 Å². The molecule has 0 saturated carbocycles. The van der Waals surface area contributed by atoms with Crippen LogP contribution in [0, 0.1) is 0 Å². The number of hydrogen-bond acceptors (Lipinski definition) is 2. The van der Waals surface area contributed by atoms with Crippen LogP contribution in [0.25, 0.3) is 0 Å². The van der Waals surface area contributed by atoms with Crippen molar-refractivity contribution < 1.29 is 0 Å². The van der Waals surface area contributed by atoms with Crippen LogP contribution in [0.1, 0.15) is 13.3 Å². The van der Waals surface area contributed by atoms with E-state index in [1.165, 1.54) is 0 Å². The van der Waals surface area contributed by atoms with Crippen molar-refractivity contribution in [2.75, 3.05) is 11.4 Å². The maximum absolute atomic E-state index is 6.04. The Bertz CT molecular complexity index is 471. The molecule has 0 spiro atoms. The van der Waals surface area contributed by atoms with Gasteiger partial charge in [0.1, 0.15) is 0 Å². The number of pyridine rings is 1. The molecule has 0 radical (unpaired) electrons. The molecule has 0 fully saturated rings. The molecule has 88 valence electrons. The summed E-state index contributed by atoms with van der Waals surface area (Å²) >= 11 is 6.04. The highest BCUT2D eigenvalue weighted by atomic mass is 35.5. The molecule has 0 amide bonds. The van der Waals surface area contributed by atoms with E-state index in [9.17, 15) is 0 Å². The van der Waals surface area contributed by atoms with Crippen molar-refractivity contribution in [2.45, 2.75) is 13.3 Å². The quantitative estimate of drug-likeness (QED) is 0.800. The Balaban J connectivity index is 2.35. The van der Waals surface area contributed by atoms with E-state index in [1.54, 1.807) is 0 Å². The van der Waals surface area contributed by atoms with Crippen molar-refractivity contribution >= 4 is 23.0 Å². The highest BCUT2D eigenvalue weighted by Gasteiger charge is 2.07. The van der Waals surface area contributed by atoms with Crippen LogP contribution in [0.15, 0.2) is 48.8 Å². The Hall–Kier alpha value is -1.54. The molecule has 0 aliphatic heterocycles. The first kappa shape index (κ1) is 11.9. The molecule has 2 rings (SSSR count). The molecule has 0 bridgehead atoms. The first-order valence-electron chi connectivity index (χ1n) is 5.74. The van der Waals surface area contributed by atoms with Crippen LogP contribution in [0.2, 0.25) is 5.02 Å². The van der Waals surface area contributed by atoms with Gasteiger partial charge in [0.2, 0.25) is 0 Å². The molecular formula is C14H15ClN2. The second-order valence-electron chi connectivity index (χ2n) is 3.84. The summed E-state index contributed by atoms with van der Waals surface area (Å²) in [5.74, 6) is 0. The van der Waals surface area contributed by atoms with Gasteiger partial charge in [-0.15, -0.1) is 0 Å². The smallest absolute Gasteiger partial charge is 0.0441 e. The molecule has 0 N–H and O–H groups in total. The Morgan fingerprint density at radius 1 is 1.12 bits per heavy atom. The highest BCUT2D eigenvalue weighted by molar-refractivity contribution is 6.30. The van der Waals surface area contributed by atoms with Crippen molar-refractivity contribution in [3.8, 4) is 0 Å². The van der Waals surface area contributed by atoms with Crippen LogP contribution in [0.5, 0.6) is 0 Å². The van der Waals surface area contributed by atoms with Gasteiger partial charge in [-0.1, -0.05) is 24.6 Å². The fraction of sp³-hybridized carbons (Fsp3) is 0.214. The summed E-state index contributed by atoms with van der Waals surface area (Å²) in [4.78, 5) is 6.29. The lowest BCUT2D eigenvalue weighted by Crippen LogP contribution is -2.17. The first-order chi connectivity index (χ1) is 8.31. The van der Waals surface area contributed by atoms with E-state index < -0.39 is 0 Å². The van der Waals surface area contributed by atoms with Gasteiger partial charge in [0, 0.05) is 35.3 Å². The minimum absolute atomic E-state index is 0.762. The van der Waals surface area contributed by atoms with Crippen LogP contribution < -0.4 is 4.90 Å². The number of hydrogen-bond donors (Lipinski definition) is 0. The highest BCUT2D eigenvalue weighted by Crippen LogP contribution is 2.27. The molecule has 0 aliphatic rings. The van der Waals surface area contributed by atoms with Crippen LogP contribution in [0.3, 0.4) is 0 Å². The lowest BCUT2D eigenvalue weighted by molar-refractivity contribution is 0.884. The topological polar surface area (TPSA) is 16.1 Å². The number of rotatable bonds is 4. The minimum Gasteiger partial charge on any atom is -0.341 e. The molecule has 2 nitrogen and oxygen atoms in total.